The topological polar surface area (TPSA) is 27.8 Å². The Morgan fingerprint density at radius 3 is 3.00 bits per heavy atom. The van der Waals surface area contributed by atoms with E-state index in [2.05, 4.69) is 40.6 Å². The number of hydrogen-bond donors (Lipinski definition) is 2. The van der Waals surface area contributed by atoms with E-state index in [4.69, 9.17) is 0 Å². The van der Waals surface area contributed by atoms with Crippen LogP contribution in [0, 0.1) is 0 Å². The summed E-state index contributed by atoms with van der Waals surface area (Å²) in [5.74, 6) is 0. The fourth-order valence-electron chi connectivity index (χ4n) is 2.22. The third-order valence-corrected chi connectivity index (χ3v) is 3.00. The SMILES string of the molecule is C1=C(c2cccc3cc[nH]c23)CCNC1. The number of nitrogens with one attached hydrogen (secondary N) is 2. The molecule has 0 fully saturated rings. The molecular formula is C13H14N2. The number of benzene rings is 1. The molecule has 2 aromatic rings. The second-order valence-electron chi connectivity index (χ2n) is 3.93. The minimum Gasteiger partial charge on any atom is -0.361 e. The average molecular weight is 198 g/mol. The minimum absolute atomic E-state index is 0.992. The Labute approximate surface area is 89.0 Å². The number of H-pyrrole nitrogens is 1. The summed E-state index contributed by atoms with van der Waals surface area (Å²) >= 11 is 0. The molecule has 1 aliphatic heterocycles. The van der Waals surface area contributed by atoms with Crippen molar-refractivity contribution in [1.29, 1.82) is 0 Å². The summed E-state index contributed by atoms with van der Waals surface area (Å²) in [6, 6.07) is 8.61. The monoisotopic (exact) mass is 198 g/mol. The fourth-order valence-corrected chi connectivity index (χ4v) is 2.22. The molecule has 76 valence electrons. The van der Waals surface area contributed by atoms with Gasteiger partial charge >= 0.3 is 0 Å². The van der Waals surface area contributed by atoms with E-state index in [1.807, 2.05) is 6.20 Å². The predicted molar refractivity (Wildman–Crippen MR) is 63.8 cm³/mol. The molecule has 1 aromatic carbocycles. The standard InChI is InChI=1S/C13H14N2/c1-2-11-6-9-15-13(11)12(3-1)10-4-7-14-8-5-10/h1-4,6,9,14-15H,5,7-8H2. The molecule has 3 rings (SSSR count). The molecule has 0 saturated carbocycles. The van der Waals surface area contributed by atoms with Gasteiger partial charge in [-0.05, 0) is 30.0 Å². The zero-order chi connectivity index (χ0) is 10.1. The smallest absolute Gasteiger partial charge is 0.0530 e. The molecule has 0 spiro atoms. The Kier molecular flexibility index (Phi) is 2.07. The van der Waals surface area contributed by atoms with Crippen molar-refractivity contribution in [3.8, 4) is 0 Å². The first kappa shape index (κ1) is 8.74. The van der Waals surface area contributed by atoms with Crippen molar-refractivity contribution in [2.24, 2.45) is 0 Å². The summed E-state index contributed by atoms with van der Waals surface area (Å²) in [5.41, 5.74) is 4.09. The van der Waals surface area contributed by atoms with Crippen LogP contribution in [0.3, 0.4) is 0 Å². The molecule has 0 aliphatic carbocycles. The zero-order valence-corrected chi connectivity index (χ0v) is 8.59. The summed E-state index contributed by atoms with van der Waals surface area (Å²) in [6.45, 7) is 2.08. The maximum absolute atomic E-state index is 3.34. The normalized spacial score (nSPS) is 16.7. The number of aromatic amines is 1. The maximum Gasteiger partial charge on any atom is 0.0530 e. The third-order valence-electron chi connectivity index (χ3n) is 3.00. The van der Waals surface area contributed by atoms with Crippen LogP contribution in [-0.2, 0) is 0 Å². The van der Waals surface area contributed by atoms with E-state index in [1.54, 1.807) is 0 Å². The molecule has 0 amide bonds. The second kappa shape index (κ2) is 3.55. The molecule has 1 aliphatic rings. The van der Waals surface area contributed by atoms with Crippen LogP contribution in [0.15, 0.2) is 36.5 Å². The molecule has 2 nitrogen and oxygen atoms in total. The van der Waals surface area contributed by atoms with Gasteiger partial charge in [-0.1, -0.05) is 24.3 Å². The molecule has 0 unspecified atom stereocenters. The van der Waals surface area contributed by atoms with E-state index in [0.29, 0.717) is 0 Å². The molecular weight excluding hydrogens is 184 g/mol. The van der Waals surface area contributed by atoms with Crippen molar-refractivity contribution in [1.82, 2.24) is 10.3 Å². The van der Waals surface area contributed by atoms with Gasteiger partial charge in [-0.2, -0.15) is 0 Å². The van der Waals surface area contributed by atoms with Crippen LogP contribution in [0.1, 0.15) is 12.0 Å². The lowest BCUT2D eigenvalue weighted by atomic mass is 9.98. The van der Waals surface area contributed by atoms with Crippen LogP contribution in [0.5, 0.6) is 0 Å². The van der Waals surface area contributed by atoms with E-state index in [9.17, 15) is 0 Å². The molecule has 0 bridgehead atoms. The third kappa shape index (κ3) is 1.47. The van der Waals surface area contributed by atoms with Crippen molar-refractivity contribution in [3.05, 3.63) is 42.1 Å². The fraction of sp³-hybridized carbons (Fsp3) is 0.231. The molecule has 2 heteroatoms. The van der Waals surface area contributed by atoms with Crippen molar-refractivity contribution in [3.63, 3.8) is 0 Å². The van der Waals surface area contributed by atoms with Gasteiger partial charge < -0.3 is 10.3 Å². The number of fused-ring (bicyclic) bond motifs is 1. The van der Waals surface area contributed by atoms with Crippen LogP contribution < -0.4 is 5.32 Å². The Hall–Kier alpha value is -1.54. The Bertz CT molecular complexity index is 508. The van der Waals surface area contributed by atoms with E-state index in [0.717, 1.165) is 19.5 Å². The van der Waals surface area contributed by atoms with Gasteiger partial charge in [0, 0.05) is 18.3 Å². The minimum atomic E-state index is 0.992. The number of rotatable bonds is 1. The van der Waals surface area contributed by atoms with Crippen molar-refractivity contribution in [2.75, 3.05) is 13.1 Å². The maximum atomic E-state index is 3.34. The predicted octanol–water partition coefficient (Wildman–Crippen LogP) is 2.54. The highest BCUT2D eigenvalue weighted by atomic mass is 14.8. The van der Waals surface area contributed by atoms with Gasteiger partial charge in [0.1, 0.15) is 0 Å². The summed E-state index contributed by atoms with van der Waals surface area (Å²) in [7, 11) is 0. The summed E-state index contributed by atoms with van der Waals surface area (Å²) in [5, 5.41) is 4.64. The van der Waals surface area contributed by atoms with E-state index in [1.165, 1.54) is 22.0 Å². The van der Waals surface area contributed by atoms with Gasteiger partial charge in [-0.15, -0.1) is 0 Å². The van der Waals surface area contributed by atoms with Gasteiger partial charge in [-0.3, -0.25) is 0 Å². The van der Waals surface area contributed by atoms with Crippen LogP contribution in [-0.4, -0.2) is 18.1 Å². The van der Waals surface area contributed by atoms with Crippen LogP contribution in [0.2, 0.25) is 0 Å². The van der Waals surface area contributed by atoms with Crippen LogP contribution in [0.4, 0.5) is 0 Å². The van der Waals surface area contributed by atoms with Crippen molar-refractivity contribution in [2.45, 2.75) is 6.42 Å². The molecule has 2 N–H and O–H groups in total. The zero-order valence-electron chi connectivity index (χ0n) is 8.59. The molecule has 0 saturated heterocycles. The summed E-state index contributed by atoms with van der Waals surface area (Å²) in [4.78, 5) is 3.32. The van der Waals surface area contributed by atoms with Gasteiger partial charge in [0.25, 0.3) is 0 Å². The highest BCUT2D eigenvalue weighted by Gasteiger charge is 2.09. The summed E-state index contributed by atoms with van der Waals surface area (Å²) in [6.07, 6.45) is 5.42. The van der Waals surface area contributed by atoms with E-state index >= 15 is 0 Å². The largest absolute Gasteiger partial charge is 0.361 e. The number of para-hydroxylation sites is 1. The molecule has 1 aromatic heterocycles. The quantitative estimate of drug-likeness (QED) is 0.724. The lowest BCUT2D eigenvalue weighted by molar-refractivity contribution is 0.739. The first-order valence-electron chi connectivity index (χ1n) is 5.41. The first-order valence-corrected chi connectivity index (χ1v) is 5.41. The van der Waals surface area contributed by atoms with E-state index < -0.39 is 0 Å². The van der Waals surface area contributed by atoms with Gasteiger partial charge in [0.05, 0.1) is 5.52 Å². The average Bonchev–Trinajstić information content (AvgIpc) is 2.78. The number of hydrogen-bond acceptors (Lipinski definition) is 1. The molecule has 15 heavy (non-hydrogen) atoms. The van der Waals surface area contributed by atoms with Gasteiger partial charge in [0.15, 0.2) is 0 Å². The Morgan fingerprint density at radius 2 is 2.13 bits per heavy atom. The van der Waals surface area contributed by atoms with Crippen LogP contribution in [0.25, 0.3) is 16.5 Å². The van der Waals surface area contributed by atoms with Crippen LogP contribution >= 0.6 is 0 Å². The molecule has 0 atom stereocenters. The Morgan fingerprint density at radius 1 is 1.13 bits per heavy atom. The highest BCUT2D eigenvalue weighted by molar-refractivity contribution is 5.91. The highest BCUT2D eigenvalue weighted by Crippen LogP contribution is 2.26. The summed E-state index contributed by atoms with van der Waals surface area (Å²) < 4.78 is 0. The Balaban J connectivity index is 2.17. The van der Waals surface area contributed by atoms with Crippen molar-refractivity contribution < 1.29 is 0 Å². The van der Waals surface area contributed by atoms with Gasteiger partial charge in [0.2, 0.25) is 0 Å². The molecule has 2 heterocycles. The second-order valence-corrected chi connectivity index (χ2v) is 3.93. The first-order chi connectivity index (χ1) is 7.45. The van der Waals surface area contributed by atoms with Crippen molar-refractivity contribution >= 4 is 16.5 Å². The number of aromatic nitrogens is 1. The van der Waals surface area contributed by atoms with Gasteiger partial charge in [-0.25, -0.2) is 0 Å². The molecule has 0 radical (unpaired) electrons. The lowest BCUT2D eigenvalue weighted by Crippen LogP contribution is -2.20. The van der Waals surface area contributed by atoms with E-state index in [-0.39, 0.29) is 0 Å². The lowest BCUT2D eigenvalue weighted by Gasteiger charge is -2.14.